The highest BCUT2D eigenvalue weighted by Crippen LogP contribution is 2.39. The smallest absolute Gasteiger partial charge is 0.327 e. The molecule has 2 heterocycles. The molecule has 3 aliphatic rings. The molecule has 3 fully saturated rings. The molecule has 29 heavy (non-hydrogen) atoms. The van der Waals surface area contributed by atoms with Crippen molar-refractivity contribution in [1.29, 1.82) is 0 Å². The Balaban J connectivity index is 1.51. The summed E-state index contributed by atoms with van der Waals surface area (Å²) in [6.45, 7) is 5.03. The molecule has 162 valence electrons. The van der Waals surface area contributed by atoms with Crippen LogP contribution in [0.25, 0.3) is 0 Å². The third-order valence-corrected chi connectivity index (χ3v) is 6.44. The summed E-state index contributed by atoms with van der Waals surface area (Å²) in [6.07, 6.45) is 5.20. The van der Waals surface area contributed by atoms with Gasteiger partial charge in [-0.3, -0.25) is 24.2 Å². The summed E-state index contributed by atoms with van der Waals surface area (Å²) >= 11 is 0. The lowest BCUT2D eigenvalue weighted by atomic mass is 9.81. The Morgan fingerprint density at radius 1 is 1.00 bits per heavy atom. The second kappa shape index (κ2) is 9.11. The molecule has 0 aromatic rings. The van der Waals surface area contributed by atoms with Crippen LogP contribution in [0, 0.1) is 0 Å². The molecule has 5 amide bonds. The number of amides is 5. The van der Waals surface area contributed by atoms with E-state index in [1.165, 1.54) is 0 Å². The van der Waals surface area contributed by atoms with Crippen molar-refractivity contribution in [2.24, 2.45) is 0 Å². The van der Waals surface area contributed by atoms with Gasteiger partial charge in [0.15, 0.2) is 0 Å². The van der Waals surface area contributed by atoms with Crippen LogP contribution in [0.3, 0.4) is 0 Å². The van der Waals surface area contributed by atoms with Gasteiger partial charge in [0.25, 0.3) is 5.91 Å². The van der Waals surface area contributed by atoms with Crippen molar-refractivity contribution in [3.63, 3.8) is 0 Å². The number of nitrogens with one attached hydrogen (secondary N) is 1. The third-order valence-electron chi connectivity index (χ3n) is 6.44. The minimum atomic E-state index is -0.750. The van der Waals surface area contributed by atoms with Crippen LogP contribution < -0.4 is 5.32 Å². The van der Waals surface area contributed by atoms with E-state index in [0.29, 0.717) is 52.1 Å². The van der Waals surface area contributed by atoms with Gasteiger partial charge in [-0.05, 0) is 19.3 Å². The first-order valence-corrected chi connectivity index (χ1v) is 10.8. The first kappa shape index (κ1) is 21.5. The fourth-order valence-corrected chi connectivity index (χ4v) is 4.59. The normalized spacial score (nSPS) is 22.5. The van der Waals surface area contributed by atoms with Gasteiger partial charge in [0.1, 0.15) is 12.1 Å². The number of likely N-dealkylation sites (N-methyl/N-ethyl adjacent to an activating group) is 1. The van der Waals surface area contributed by atoms with Crippen molar-refractivity contribution >= 4 is 23.8 Å². The zero-order chi connectivity index (χ0) is 21.0. The summed E-state index contributed by atoms with van der Waals surface area (Å²) in [5.74, 6) is -0.423. The predicted molar refractivity (Wildman–Crippen MR) is 107 cm³/mol. The lowest BCUT2D eigenvalue weighted by molar-refractivity contribution is -0.141. The van der Waals surface area contributed by atoms with Gasteiger partial charge in [0.2, 0.25) is 11.8 Å². The summed E-state index contributed by atoms with van der Waals surface area (Å²) in [6, 6.07) is -0.364. The zero-order valence-electron chi connectivity index (χ0n) is 17.6. The zero-order valence-corrected chi connectivity index (χ0v) is 17.6. The fourth-order valence-electron chi connectivity index (χ4n) is 4.59. The second-order valence-corrected chi connectivity index (χ2v) is 8.33. The van der Waals surface area contributed by atoms with Crippen molar-refractivity contribution in [3.05, 3.63) is 0 Å². The van der Waals surface area contributed by atoms with E-state index in [0.717, 1.165) is 30.6 Å². The minimum Gasteiger partial charge on any atom is -0.355 e. The summed E-state index contributed by atoms with van der Waals surface area (Å²) in [5, 5.41) is 2.86. The van der Waals surface area contributed by atoms with E-state index in [2.05, 4.69) is 5.32 Å². The SMILES string of the molecule is CCCNC(=O)CN1CCN(C(=O)CN2C(=O)N(C)C3(CCCCC3)C2=O)CC1. The van der Waals surface area contributed by atoms with Gasteiger partial charge in [-0.25, -0.2) is 4.79 Å². The minimum absolute atomic E-state index is 0.000652. The van der Waals surface area contributed by atoms with Crippen molar-refractivity contribution in [2.45, 2.75) is 51.0 Å². The number of rotatable bonds is 6. The van der Waals surface area contributed by atoms with Crippen LogP contribution in [0.4, 0.5) is 4.79 Å². The number of piperazine rings is 1. The van der Waals surface area contributed by atoms with Crippen molar-refractivity contribution in [1.82, 2.24) is 24.9 Å². The van der Waals surface area contributed by atoms with E-state index in [9.17, 15) is 19.2 Å². The molecule has 0 unspecified atom stereocenters. The Bertz CT molecular complexity index is 653. The van der Waals surface area contributed by atoms with Gasteiger partial charge < -0.3 is 15.1 Å². The number of hydrogen-bond acceptors (Lipinski definition) is 5. The summed E-state index contributed by atoms with van der Waals surface area (Å²) in [5.41, 5.74) is -0.750. The molecule has 0 aromatic heterocycles. The Labute approximate surface area is 172 Å². The average molecular weight is 408 g/mol. The number of hydrogen-bond donors (Lipinski definition) is 1. The van der Waals surface area contributed by atoms with Gasteiger partial charge in [-0.15, -0.1) is 0 Å². The molecule has 2 aliphatic heterocycles. The van der Waals surface area contributed by atoms with Crippen LogP contribution in [-0.4, -0.2) is 102 Å². The molecular weight excluding hydrogens is 374 g/mol. The molecule has 1 saturated carbocycles. The molecular formula is C20H33N5O4. The predicted octanol–water partition coefficient (Wildman–Crippen LogP) is 0.254. The quantitative estimate of drug-likeness (QED) is 0.638. The molecule has 0 atom stereocenters. The summed E-state index contributed by atoms with van der Waals surface area (Å²) < 4.78 is 0. The Morgan fingerprint density at radius 2 is 1.66 bits per heavy atom. The molecule has 9 nitrogen and oxygen atoms in total. The third kappa shape index (κ3) is 4.39. The van der Waals surface area contributed by atoms with Crippen LogP contribution >= 0.6 is 0 Å². The maximum Gasteiger partial charge on any atom is 0.327 e. The number of nitrogens with zero attached hydrogens (tertiary/aromatic N) is 4. The van der Waals surface area contributed by atoms with E-state index in [4.69, 9.17) is 0 Å². The molecule has 0 aromatic carbocycles. The topological polar surface area (TPSA) is 93.3 Å². The number of carbonyl (C=O) groups excluding carboxylic acids is 4. The molecule has 2 saturated heterocycles. The summed E-state index contributed by atoms with van der Waals surface area (Å²) in [7, 11) is 1.68. The maximum atomic E-state index is 13.0. The second-order valence-electron chi connectivity index (χ2n) is 8.33. The Hall–Kier alpha value is -2.16. The summed E-state index contributed by atoms with van der Waals surface area (Å²) in [4.78, 5) is 56.7. The maximum absolute atomic E-state index is 13.0. The average Bonchev–Trinajstić information content (AvgIpc) is 2.89. The first-order chi connectivity index (χ1) is 13.9. The molecule has 9 heteroatoms. The van der Waals surface area contributed by atoms with Crippen molar-refractivity contribution in [2.75, 3.05) is 52.9 Å². The molecule has 3 rings (SSSR count). The van der Waals surface area contributed by atoms with Crippen molar-refractivity contribution in [3.8, 4) is 0 Å². The number of urea groups is 1. The Kier molecular flexibility index (Phi) is 6.77. The van der Waals surface area contributed by atoms with Gasteiger partial charge in [-0.2, -0.15) is 0 Å². The van der Waals surface area contributed by atoms with E-state index < -0.39 is 5.54 Å². The lowest BCUT2D eigenvalue weighted by Crippen LogP contribution is -2.53. The largest absolute Gasteiger partial charge is 0.355 e. The van der Waals surface area contributed by atoms with E-state index >= 15 is 0 Å². The van der Waals surface area contributed by atoms with Crippen LogP contribution in [-0.2, 0) is 14.4 Å². The monoisotopic (exact) mass is 407 g/mol. The van der Waals surface area contributed by atoms with E-state index in [1.807, 2.05) is 11.8 Å². The molecule has 1 aliphatic carbocycles. The van der Waals surface area contributed by atoms with Gasteiger partial charge >= 0.3 is 6.03 Å². The standard InChI is InChI=1S/C20H33N5O4/c1-3-9-21-16(26)14-23-10-12-24(13-11-23)17(27)15-25-18(28)20(22(2)19(25)29)7-5-4-6-8-20/h3-15H2,1-2H3,(H,21,26). The highest BCUT2D eigenvalue weighted by Gasteiger charge is 2.56. The Morgan fingerprint density at radius 3 is 2.28 bits per heavy atom. The highest BCUT2D eigenvalue weighted by atomic mass is 16.2. The van der Waals surface area contributed by atoms with Crippen LogP contribution in [0.1, 0.15) is 45.4 Å². The lowest BCUT2D eigenvalue weighted by Gasteiger charge is -2.36. The first-order valence-electron chi connectivity index (χ1n) is 10.8. The molecule has 0 radical (unpaired) electrons. The van der Waals surface area contributed by atoms with Crippen LogP contribution in [0.2, 0.25) is 0 Å². The van der Waals surface area contributed by atoms with Crippen molar-refractivity contribution < 1.29 is 19.2 Å². The molecule has 1 N–H and O–H groups in total. The van der Waals surface area contributed by atoms with Crippen LogP contribution in [0.15, 0.2) is 0 Å². The van der Waals surface area contributed by atoms with E-state index in [1.54, 1.807) is 16.8 Å². The van der Waals surface area contributed by atoms with Crippen LogP contribution in [0.5, 0.6) is 0 Å². The molecule has 1 spiro atoms. The van der Waals surface area contributed by atoms with E-state index in [-0.39, 0.29) is 30.3 Å². The number of carbonyl (C=O) groups is 4. The fraction of sp³-hybridized carbons (Fsp3) is 0.800. The van der Waals surface area contributed by atoms with Gasteiger partial charge in [0, 0.05) is 39.8 Å². The number of imide groups is 1. The highest BCUT2D eigenvalue weighted by molar-refractivity contribution is 6.08. The van der Waals surface area contributed by atoms with Gasteiger partial charge in [-0.1, -0.05) is 26.2 Å². The van der Waals surface area contributed by atoms with Gasteiger partial charge in [0.05, 0.1) is 6.54 Å². The molecule has 0 bridgehead atoms.